The van der Waals surface area contributed by atoms with Gasteiger partial charge in [-0.2, -0.15) is 0 Å². The molecule has 2 rings (SSSR count). The minimum absolute atomic E-state index is 0.0214. The SMILES string of the molecule is O=C(NCc1ccncc1)Nc1ccc(S(=O)(=O)Cl)cc1. The van der Waals surface area contributed by atoms with Crippen LogP contribution >= 0.6 is 10.7 Å². The van der Waals surface area contributed by atoms with Gasteiger partial charge in [0.25, 0.3) is 9.05 Å². The van der Waals surface area contributed by atoms with Crippen molar-refractivity contribution >= 4 is 31.5 Å². The van der Waals surface area contributed by atoms with Crippen molar-refractivity contribution in [1.29, 1.82) is 0 Å². The van der Waals surface area contributed by atoms with Gasteiger partial charge < -0.3 is 10.6 Å². The number of anilines is 1. The first kappa shape index (κ1) is 15.3. The van der Waals surface area contributed by atoms with Crippen LogP contribution in [-0.2, 0) is 15.6 Å². The summed E-state index contributed by atoms with van der Waals surface area (Å²) < 4.78 is 22.2. The van der Waals surface area contributed by atoms with Gasteiger partial charge in [-0.15, -0.1) is 0 Å². The Balaban J connectivity index is 1.91. The maximum atomic E-state index is 11.7. The zero-order valence-electron chi connectivity index (χ0n) is 10.8. The standard InChI is InChI=1S/C13H12ClN3O3S/c14-21(19,20)12-3-1-11(2-4-12)17-13(18)16-9-10-5-7-15-8-6-10/h1-8H,9H2,(H2,16,17,18). The number of aromatic nitrogens is 1. The quantitative estimate of drug-likeness (QED) is 0.844. The van der Waals surface area contributed by atoms with Crippen LogP contribution in [0.3, 0.4) is 0 Å². The lowest BCUT2D eigenvalue weighted by Crippen LogP contribution is -2.28. The largest absolute Gasteiger partial charge is 0.334 e. The molecule has 0 aliphatic rings. The third-order valence-electron chi connectivity index (χ3n) is 2.60. The number of urea groups is 1. The molecule has 110 valence electrons. The van der Waals surface area contributed by atoms with E-state index in [1.54, 1.807) is 24.5 Å². The van der Waals surface area contributed by atoms with Gasteiger partial charge in [-0.25, -0.2) is 13.2 Å². The van der Waals surface area contributed by atoms with E-state index in [-0.39, 0.29) is 4.90 Å². The molecular weight excluding hydrogens is 314 g/mol. The van der Waals surface area contributed by atoms with Gasteiger partial charge in [-0.05, 0) is 42.0 Å². The lowest BCUT2D eigenvalue weighted by atomic mass is 10.3. The van der Waals surface area contributed by atoms with Gasteiger partial charge in [0.05, 0.1) is 4.90 Å². The number of carbonyl (C=O) groups excluding carboxylic acids is 1. The summed E-state index contributed by atoms with van der Waals surface area (Å²) >= 11 is 0. The predicted molar refractivity (Wildman–Crippen MR) is 79.6 cm³/mol. The maximum absolute atomic E-state index is 11.7. The van der Waals surface area contributed by atoms with Gasteiger partial charge >= 0.3 is 6.03 Å². The highest BCUT2D eigenvalue weighted by Gasteiger charge is 2.09. The van der Waals surface area contributed by atoms with Crippen LogP contribution in [0.15, 0.2) is 53.7 Å². The Morgan fingerprint density at radius 2 is 1.71 bits per heavy atom. The molecule has 0 bridgehead atoms. The minimum atomic E-state index is -3.76. The average Bonchev–Trinajstić information content (AvgIpc) is 2.46. The fourth-order valence-corrected chi connectivity index (χ4v) is 2.33. The Kier molecular flexibility index (Phi) is 4.77. The number of hydrogen-bond acceptors (Lipinski definition) is 4. The normalized spacial score (nSPS) is 10.9. The highest BCUT2D eigenvalue weighted by atomic mass is 35.7. The van der Waals surface area contributed by atoms with Crippen LogP contribution in [0.1, 0.15) is 5.56 Å². The number of amides is 2. The van der Waals surface area contributed by atoms with Crippen LogP contribution in [0.25, 0.3) is 0 Å². The van der Waals surface area contributed by atoms with Gasteiger partial charge in [0.15, 0.2) is 0 Å². The molecule has 0 aliphatic carbocycles. The third kappa shape index (κ3) is 4.73. The second kappa shape index (κ2) is 6.55. The molecule has 0 unspecified atom stereocenters. The first-order valence-corrected chi connectivity index (χ1v) is 8.24. The van der Waals surface area contributed by atoms with Crippen LogP contribution in [0, 0.1) is 0 Å². The van der Waals surface area contributed by atoms with E-state index in [1.165, 1.54) is 24.3 Å². The number of rotatable bonds is 4. The molecule has 1 heterocycles. The highest BCUT2D eigenvalue weighted by Crippen LogP contribution is 2.17. The van der Waals surface area contributed by atoms with Crippen molar-refractivity contribution < 1.29 is 13.2 Å². The monoisotopic (exact) mass is 325 g/mol. The Morgan fingerprint density at radius 3 is 2.29 bits per heavy atom. The Hall–Kier alpha value is -2.12. The highest BCUT2D eigenvalue weighted by molar-refractivity contribution is 8.13. The molecule has 0 saturated carbocycles. The van der Waals surface area contributed by atoms with Gasteiger partial charge in [0.2, 0.25) is 0 Å². The third-order valence-corrected chi connectivity index (χ3v) is 3.97. The van der Waals surface area contributed by atoms with Crippen molar-refractivity contribution in [3.05, 3.63) is 54.4 Å². The van der Waals surface area contributed by atoms with Crippen molar-refractivity contribution in [1.82, 2.24) is 10.3 Å². The molecule has 0 radical (unpaired) electrons. The van der Waals surface area contributed by atoms with Crippen molar-refractivity contribution in [2.75, 3.05) is 5.32 Å². The fraction of sp³-hybridized carbons (Fsp3) is 0.0769. The Morgan fingerprint density at radius 1 is 1.10 bits per heavy atom. The van der Waals surface area contributed by atoms with Crippen LogP contribution in [0.5, 0.6) is 0 Å². The van der Waals surface area contributed by atoms with Gasteiger partial charge in [-0.3, -0.25) is 4.98 Å². The lowest BCUT2D eigenvalue weighted by Gasteiger charge is -2.08. The van der Waals surface area contributed by atoms with E-state index in [1.807, 2.05) is 0 Å². The molecule has 21 heavy (non-hydrogen) atoms. The van der Waals surface area contributed by atoms with Gasteiger partial charge in [0, 0.05) is 35.3 Å². The molecule has 0 aliphatic heterocycles. The van der Waals surface area contributed by atoms with E-state index in [4.69, 9.17) is 10.7 Å². The van der Waals surface area contributed by atoms with E-state index in [9.17, 15) is 13.2 Å². The summed E-state index contributed by atoms with van der Waals surface area (Å²) in [5, 5.41) is 5.26. The molecule has 2 N–H and O–H groups in total. The number of pyridine rings is 1. The van der Waals surface area contributed by atoms with E-state index < -0.39 is 15.1 Å². The van der Waals surface area contributed by atoms with E-state index in [2.05, 4.69) is 15.6 Å². The molecule has 0 fully saturated rings. The van der Waals surface area contributed by atoms with Crippen LogP contribution in [-0.4, -0.2) is 19.4 Å². The molecular formula is C13H12ClN3O3S. The Labute approximate surface area is 126 Å². The summed E-state index contributed by atoms with van der Waals surface area (Å²) in [6.07, 6.45) is 3.28. The predicted octanol–water partition coefficient (Wildman–Crippen LogP) is 2.33. The molecule has 2 aromatic rings. The average molecular weight is 326 g/mol. The number of nitrogens with one attached hydrogen (secondary N) is 2. The zero-order valence-corrected chi connectivity index (χ0v) is 12.4. The summed E-state index contributed by atoms with van der Waals surface area (Å²) in [5.74, 6) is 0. The molecule has 6 nitrogen and oxygen atoms in total. The van der Waals surface area contributed by atoms with Crippen LogP contribution in [0.2, 0.25) is 0 Å². The number of halogens is 1. The van der Waals surface area contributed by atoms with Crippen molar-refractivity contribution in [2.24, 2.45) is 0 Å². The van der Waals surface area contributed by atoms with E-state index in [0.717, 1.165) is 5.56 Å². The first-order chi connectivity index (χ1) is 9.95. The zero-order chi connectivity index (χ0) is 15.3. The number of carbonyl (C=O) groups is 1. The molecule has 1 aromatic heterocycles. The second-order valence-corrected chi connectivity index (χ2v) is 6.69. The number of hydrogen-bond donors (Lipinski definition) is 2. The van der Waals surface area contributed by atoms with Crippen LogP contribution < -0.4 is 10.6 Å². The molecule has 1 aromatic carbocycles. The van der Waals surface area contributed by atoms with Gasteiger partial charge in [-0.1, -0.05) is 0 Å². The molecule has 0 saturated heterocycles. The van der Waals surface area contributed by atoms with Crippen LogP contribution in [0.4, 0.5) is 10.5 Å². The molecule has 0 spiro atoms. The summed E-state index contributed by atoms with van der Waals surface area (Å²) in [4.78, 5) is 15.5. The Bertz CT molecular complexity index is 718. The smallest absolute Gasteiger partial charge is 0.319 e. The van der Waals surface area contributed by atoms with Crippen molar-refractivity contribution in [3.63, 3.8) is 0 Å². The molecule has 2 amide bonds. The van der Waals surface area contributed by atoms with E-state index >= 15 is 0 Å². The molecule has 8 heteroatoms. The summed E-state index contributed by atoms with van der Waals surface area (Å²) in [6.45, 7) is 0.364. The summed E-state index contributed by atoms with van der Waals surface area (Å²) in [6, 6.07) is 8.75. The van der Waals surface area contributed by atoms with Crippen molar-refractivity contribution in [3.8, 4) is 0 Å². The fourth-order valence-electron chi connectivity index (χ4n) is 1.56. The van der Waals surface area contributed by atoms with Gasteiger partial charge in [0.1, 0.15) is 0 Å². The molecule has 0 atom stereocenters. The lowest BCUT2D eigenvalue weighted by molar-refractivity contribution is 0.251. The van der Waals surface area contributed by atoms with E-state index in [0.29, 0.717) is 12.2 Å². The topological polar surface area (TPSA) is 88.2 Å². The summed E-state index contributed by atoms with van der Waals surface area (Å²) in [5.41, 5.74) is 1.38. The summed E-state index contributed by atoms with van der Waals surface area (Å²) in [7, 11) is 1.45. The first-order valence-electron chi connectivity index (χ1n) is 5.93. The maximum Gasteiger partial charge on any atom is 0.319 e. The van der Waals surface area contributed by atoms with Crippen molar-refractivity contribution in [2.45, 2.75) is 11.4 Å². The minimum Gasteiger partial charge on any atom is -0.334 e. The number of nitrogens with zero attached hydrogens (tertiary/aromatic N) is 1. The second-order valence-electron chi connectivity index (χ2n) is 4.13. The number of benzene rings is 1.